The largest absolute Gasteiger partial charge is 0.469 e. The van der Waals surface area contributed by atoms with E-state index in [-0.39, 0.29) is 5.97 Å². The first-order valence-corrected chi connectivity index (χ1v) is 6.11. The maximum Gasteiger partial charge on any atom is 0.305 e. The lowest BCUT2D eigenvalue weighted by Gasteiger charge is -1.98. The summed E-state index contributed by atoms with van der Waals surface area (Å²) in [6.45, 7) is 2.12. The fourth-order valence-electron chi connectivity index (χ4n) is 0.520. The number of ether oxygens (including phenoxy) is 1. The van der Waals surface area contributed by atoms with Gasteiger partial charge < -0.3 is 4.74 Å². The lowest BCUT2D eigenvalue weighted by atomic mass is 10.3. The molecule has 0 radical (unpaired) electrons. The van der Waals surface area contributed by atoms with Crippen molar-refractivity contribution >= 4 is 27.6 Å². The zero-order chi connectivity index (χ0) is 8.53. The van der Waals surface area contributed by atoms with E-state index in [1.807, 2.05) is 21.6 Å². The van der Waals surface area contributed by atoms with Crippen LogP contribution >= 0.6 is 21.6 Å². The van der Waals surface area contributed by atoms with Crippen LogP contribution in [-0.4, -0.2) is 24.6 Å². The van der Waals surface area contributed by atoms with Crippen molar-refractivity contribution in [2.45, 2.75) is 19.8 Å². The van der Waals surface area contributed by atoms with Gasteiger partial charge >= 0.3 is 5.97 Å². The first kappa shape index (κ1) is 11.2. The zero-order valence-electron chi connectivity index (χ0n) is 6.96. The molecule has 0 aromatic heterocycles. The van der Waals surface area contributed by atoms with Crippen molar-refractivity contribution in [1.29, 1.82) is 0 Å². The minimum Gasteiger partial charge on any atom is -0.469 e. The van der Waals surface area contributed by atoms with E-state index in [4.69, 9.17) is 0 Å². The van der Waals surface area contributed by atoms with Crippen molar-refractivity contribution in [1.82, 2.24) is 0 Å². The number of carbonyl (C=O) groups is 1. The number of rotatable bonds is 6. The molecule has 0 N–H and O–H groups in total. The summed E-state index contributed by atoms with van der Waals surface area (Å²) in [6, 6.07) is 0. The molecule has 0 fully saturated rings. The van der Waals surface area contributed by atoms with Crippen molar-refractivity contribution in [3.63, 3.8) is 0 Å². The highest BCUT2D eigenvalue weighted by Crippen LogP contribution is 2.21. The number of methoxy groups -OCH3 is 1. The third kappa shape index (κ3) is 8.07. The standard InChI is InChI=1S/C7H14O2S2/c1-3-10-11-6-4-5-7(8)9-2/h3-6H2,1-2H3. The number of carbonyl (C=O) groups excluding carboxylic acids is 1. The van der Waals surface area contributed by atoms with Crippen LogP contribution in [0.1, 0.15) is 19.8 Å². The number of hydrogen-bond acceptors (Lipinski definition) is 4. The van der Waals surface area contributed by atoms with Gasteiger partial charge in [0.1, 0.15) is 0 Å². The molecule has 0 aromatic rings. The summed E-state index contributed by atoms with van der Waals surface area (Å²) in [6.07, 6.45) is 1.47. The molecule has 0 aromatic carbocycles. The second kappa shape index (κ2) is 8.27. The molecule has 0 unspecified atom stereocenters. The summed E-state index contributed by atoms with van der Waals surface area (Å²) in [5.74, 6) is 2.06. The fourth-order valence-corrected chi connectivity index (χ4v) is 2.27. The highest BCUT2D eigenvalue weighted by molar-refractivity contribution is 8.76. The van der Waals surface area contributed by atoms with E-state index in [0.717, 1.165) is 17.9 Å². The molecule has 0 amide bonds. The average molecular weight is 194 g/mol. The van der Waals surface area contributed by atoms with Gasteiger partial charge in [0, 0.05) is 17.9 Å². The van der Waals surface area contributed by atoms with Crippen LogP contribution in [0.5, 0.6) is 0 Å². The van der Waals surface area contributed by atoms with Gasteiger partial charge in [-0.05, 0) is 6.42 Å². The quantitative estimate of drug-likeness (QED) is 0.368. The predicted octanol–water partition coefficient (Wildman–Crippen LogP) is 2.34. The lowest BCUT2D eigenvalue weighted by Crippen LogP contribution is -1.99. The molecule has 0 atom stereocenters. The summed E-state index contributed by atoms with van der Waals surface area (Å²) in [7, 11) is 5.07. The summed E-state index contributed by atoms with van der Waals surface area (Å²) >= 11 is 0. The van der Waals surface area contributed by atoms with Crippen molar-refractivity contribution < 1.29 is 9.53 Å². The normalized spacial score (nSPS) is 9.64. The molecule has 0 heterocycles. The SMILES string of the molecule is CCSSCCCC(=O)OC. The Balaban J connectivity index is 2.95. The third-order valence-electron chi connectivity index (χ3n) is 1.04. The van der Waals surface area contributed by atoms with E-state index < -0.39 is 0 Å². The van der Waals surface area contributed by atoms with E-state index >= 15 is 0 Å². The van der Waals surface area contributed by atoms with Crippen LogP contribution < -0.4 is 0 Å². The van der Waals surface area contributed by atoms with E-state index in [0.29, 0.717) is 6.42 Å². The summed E-state index contributed by atoms with van der Waals surface area (Å²) in [5.41, 5.74) is 0. The predicted molar refractivity (Wildman–Crippen MR) is 51.8 cm³/mol. The van der Waals surface area contributed by atoms with E-state index in [9.17, 15) is 4.79 Å². The molecule has 0 aliphatic carbocycles. The van der Waals surface area contributed by atoms with Gasteiger partial charge in [-0.15, -0.1) is 0 Å². The van der Waals surface area contributed by atoms with Crippen molar-refractivity contribution in [2.24, 2.45) is 0 Å². The Kier molecular flexibility index (Phi) is 8.40. The Labute approximate surface area is 75.9 Å². The van der Waals surface area contributed by atoms with Gasteiger partial charge in [-0.25, -0.2) is 0 Å². The fraction of sp³-hybridized carbons (Fsp3) is 0.857. The van der Waals surface area contributed by atoms with Crippen LogP contribution in [0.25, 0.3) is 0 Å². The summed E-state index contributed by atoms with van der Waals surface area (Å²) in [5, 5.41) is 0. The minimum atomic E-state index is -0.105. The second-order valence-electron chi connectivity index (χ2n) is 1.91. The first-order valence-electron chi connectivity index (χ1n) is 3.62. The van der Waals surface area contributed by atoms with Crippen molar-refractivity contribution in [3.8, 4) is 0 Å². The molecule has 66 valence electrons. The topological polar surface area (TPSA) is 26.3 Å². The van der Waals surface area contributed by atoms with E-state index in [2.05, 4.69) is 11.7 Å². The average Bonchev–Trinajstić information content (AvgIpc) is 2.04. The molecule has 0 saturated carbocycles. The molecule has 0 spiro atoms. The molecule has 0 saturated heterocycles. The lowest BCUT2D eigenvalue weighted by molar-refractivity contribution is -0.140. The summed E-state index contributed by atoms with van der Waals surface area (Å²) in [4.78, 5) is 10.6. The molecule has 2 nitrogen and oxygen atoms in total. The Hall–Kier alpha value is 0.170. The highest BCUT2D eigenvalue weighted by atomic mass is 33.1. The van der Waals surface area contributed by atoms with Crippen molar-refractivity contribution in [3.05, 3.63) is 0 Å². The molecule has 11 heavy (non-hydrogen) atoms. The second-order valence-corrected chi connectivity index (χ2v) is 4.78. The van der Waals surface area contributed by atoms with E-state index in [1.54, 1.807) is 0 Å². The van der Waals surface area contributed by atoms with Crippen LogP contribution in [-0.2, 0) is 9.53 Å². The molecule has 0 rings (SSSR count). The summed E-state index contributed by atoms with van der Waals surface area (Å²) < 4.78 is 4.50. The Morgan fingerprint density at radius 1 is 1.45 bits per heavy atom. The van der Waals surface area contributed by atoms with E-state index in [1.165, 1.54) is 7.11 Å². The maximum atomic E-state index is 10.6. The van der Waals surface area contributed by atoms with Gasteiger partial charge in [-0.2, -0.15) is 0 Å². The Bertz CT molecular complexity index is 107. The Morgan fingerprint density at radius 3 is 2.73 bits per heavy atom. The number of esters is 1. The van der Waals surface area contributed by atoms with Gasteiger partial charge in [0.05, 0.1) is 7.11 Å². The van der Waals surface area contributed by atoms with Crippen molar-refractivity contribution in [2.75, 3.05) is 18.6 Å². The van der Waals surface area contributed by atoms with Gasteiger partial charge in [0.2, 0.25) is 0 Å². The van der Waals surface area contributed by atoms with Gasteiger partial charge in [-0.3, -0.25) is 4.79 Å². The molecular formula is C7H14O2S2. The van der Waals surface area contributed by atoms with Gasteiger partial charge in [0.25, 0.3) is 0 Å². The molecule has 0 bridgehead atoms. The maximum absolute atomic E-state index is 10.6. The number of hydrogen-bond donors (Lipinski definition) is 0. The van der Waals surface area contributed by atoms with Crippen LogP contribution in [0.2, 0.25) is 0 Å². The molecule has 4 heteroatoms. The minimum absolute atomic E-state index is 0.105. The van der Waals surface area contributed by atoms with Gasteiger partial charge in [-0.1, -0.05) is 28.5 Å². The van der Waals surface area contributed by atoms with Gasteiger partial charge in [0.15, 0.2) is 0 Å². The van der Waals surface area contributed by atoms with Crippen LogP contribution in [0.3, 0.4) is 0 Å². The smallest absolute Gasteiger partial charge is 0.305 e. The monoisotopic (exact) mass is 194 g/mol. The molecule has 0 aliphatic heterocycles. The van der Waals surface area contributed by atoms with Crippen LogP contribution in [0.4, 0.5) is 0 Å². The third-order valence-corrected chi connectivity index (χ3v) is 3.60. The first-order chi connectivity index (χ1) is 5.31. The zero-order valence-corrected chi connectivity index (χ0v) is 8.59. The van der Waals surface area contributed by atoms with Crippen LogP contribution in [0.15, 0.2) is 0 Å². The Morgan fingerprint density at radius 2 is 2.18 bits per heavy atom. The van der Waals surface area contributed by atoms with Crippen LogP contribution in [0, 0.1) is 0 Å². The molecule has 0 aliphatic rings. The highest BCUT2D eigenvalue weighted by Gasteiger charge is 1.98. The molecular weight excluding hydrogens is 180 g/mol.